The molecular formula is C21H20ClFN2O3. The molecule has 2 aromatic rings. The van der Waals surface area contributed by atoms with Gasteiger partial charge >= 0.3 is 5.97 Å². The van der Waals surface area contributed by atoms with Crippen LogP contribution in [-0.2, 0) is 9.53 Å². The number of nitrogens with zero attached hydrogens (tertiary/aromatic N) is 2. The molecule has 0 saturated heterocycles. The molecule has 0 saturated carbocycles. The summed E-state index contributed by atoms with van der Waals surface area (Å²) in [5.74, 6) is 0.258. The minimum Gasteiger partial charge on any atom is -0.497 e. The zero-order valence-corrected chi connectivity index (χ0v) is 16.7. The third-order valence-electron chi connectivity index (χ3n) is 4.67. The number of ether oxygens (including phenoxy) is 2. The van der Waals surface area contributed by atoms with E-state index in [1.807, 2.05) is 24.3 Å². The van der Waals surface area contributed by atoms with E-state index in [0.29, 0.717) is 22.8 Å². The lowest BCUT2D eigenvalue weighted by Crippen LogP contribution is -2.38. The number of likely N-dealkylation sites (N-methyl/N-ethyl adjacent to an activating group) is 1. The van der Waals surface area contributed by atoms with Crippen molar-refractivity contribution in [3.05, 3.63) is 75.7 Å². The van der Waals surface area contributed by atoms with Gasteiger partial charge in [0.2, 0.25) is 0 Å². The molecule has 1 atom stereocenters. The first-order chi connectivity index (χ1) is 13.4. The van der Waals surface area contributed by atoms with Crippen molar-refractivity contribution >= 4 is 23.4 Å². The highest BCUT2D eigenvalue weighted by Crippen LogP contribution is 2.37. The second kappa shape index (κ2) is 8.02. The van der Waals surface area contributed by atoms with E-state index in [9.17, 15) is 9.18 Å². The minimum absolute atomic E-state index is 0.281. The van der Waals surface area contributed by atoms with Crippen molar-refractivity contribution in [2.24, 2.45) is 4.99 Å². The summed E-state index contributed by atoms with van der Waals surface area (Å²) in [4.78, 5) is 18.8. The number of carbonyl (C=O) groups is 1. The first kappa shape index (κ1) is 19.9. The van der Waals surface area contributed by atoms with Crippen molar-refractivity contribution in [2.45, 2.75) is 13.0 Å². The van der Waals surface area contributed by atoms with Crippen LogP contribution in [0.1, 0.15) is 24.1 Å². The van der Waals surface area contributed by atoms with Gasteiger partial charge in [-0.05, 0) is 43.3 Å². The first-order valence-corrected chi connectivity index (χ1v) is 8.95. The van der Waals surface area contributed by atoms with Gasteiger partial charge in [0.25, 0.3) is 0 Å². The number of esters is 1. The minimum atomic E-state index is -0.709. The molecule has 7 heteroatoms. The highest BCUT2D eigenvalue weighted by Gasteiger charge is 2.36. The highest BCUT2D eigenvalue weighted by atomic mass is 35.5. The Morgan fingerprint density at radius 1 is 1.18 bits per heavy atom. The molecule has 0 spiro atoms. The molecule has 0 N–H and O–H groups in total. The van der Waals surface area contributed by atoms with Gasteiger partial charge in [0.1, 0.15) is 17.4 Å². The highest BCUT2D eigenvalue weighted by molar-refractivity contribution is 6.30. The predicted octanol–water partition coefficient (Wildman–Crippen LogP) is 4.37. The largest absolute Gasteiger partial charge is 0.497 e. The van der Waals surface area contributed by atoms with Crippen molar-refractivity contribution in [1.29, 1.82) is 0 Å². The molecule has 0 fully saturated rings. The van der Waals surface area contributed by atoms with Crippen molar-refractivity contribution in [2.75, 3.05) is 21.3 Å². The predicted molar refractivity (Wildman–Crippen MR) is 106 cm³/mol. The van der Waals surface area contributed by atoms with Crippen LogP contribution in [0.25, 0.3) is 0 Å². The fourth-order valence-electron chi connectivity index (χ4n) is 3.28. The molecule has 3 rings (SSSR count). The quantitative estimate of drug-likeness (QED) is 0.713. The summed E-state index contributed by atoms with van der Waals surface area (Å²) in [7, 11) is 4.64. The Hall–Kier alpha value is -2.86. The lowest BCUT2D eigenvalue weighted by Gasteiger charge is -2.36. The Labute approximate surface area is 168 Å². The molecule has 28 heavy (non-hydrogen) atoms. The Morgan fingerprint density at radius 2 is 1.86 bits per heavy atom. The zero-order chi connectivity index (χ0) is 20.4. The third-order valence-corrected chi connectivity index (χ3v) is 4.90. The lowest BCUT2D eigenvalue weighted by atomic mass is 9.93. The topological polar surface area (TPSA) is 51.1 Å². The van der Waals surface area contributed by atoms with Crippen LogP contribution in [0.3, 0.4) is 0 Å². The van der Waals surface area contributed by atoms with Crippen LogP contribution in [0.4, 0.5) is 4.39 Å². The fraction of sp³-hybridized carbons (Fsp3) is 0.238. The van der Waals surface area contributed by atoms with Crippen LogP contribution in [0.2, 0.25) is 5.02 Å². The number of methoxy groups -OCH3 is 2. The van der Waals surface area contributed by atoms with Gasteiger partial charge in [0, 0.05) is 23.2 Å². The molecule has 1 aliphatic rings. The van der Waals surface area contributed by atoms with Gasteiger partial charge in [-0.25, -0.2) is 14.2 Å². The Bertz CT molecular complexity index is 970. The summed E-state index contributed by atoms with van der Waals surface area (Å²) in [6.45, 7) is 1.71. The second-order valence-corrected chi connectivity index (χ2v) is 6.77. The SMILES string of the molecule is COC(=O)C1=C(C)N=C(c2ccc(OC)cc2)N(C)C1c1ccc(Cl)cc1F. The summed E-state index contributed by atoms with van der Waals surface area (Å²) in [6.07, 6.45) is 0. The Morgan fingerprint density at radius 3 is 2.43 bits per heavy atom. The van der Waals surface area contributed by atoms with E-state index in [2.05, 4.69) is 4.99 Å². The number of rotatable bonds is 4. The van der Waals surface area contributed by atoms with Gasteiger partial charge in [-0.3, -0.25) is 0 Å². The molecule has 1 unspecified atom stereocenters. The summed E-state index contributed by atoms with van der Waals surface area (Å²) in [5.41, 5.74) is 1.87. The summed E-state index contributed by atoms with van der Waals surface area (Å²) >= 11 is 5.91. The van der Waals surface area contributed by atoms with E-state index < -0.39 is 17.8 Å². The van der Waals surface area contributed by atoms with Gasteiger partial charge in [-0.1, -0.05) is 17.7 Å². The maximum Gasteiger partial charge on any atom is 0.338 e. The molecule has 0 aromatic heterocycles. The molecule has 0 aliphatic carbocycles. The van der Waals surface area contributed by atoms with Gasteiger partial charge in [-0.15, -0.1) is 0 Å². The van der Waals surface area contributed by atoms with Gasteiger partial charge in [-0.2, -0.15) is 0 Å². The number of hydrogen-bond donors (Lipinski definition) is 0. The average molecular weight is 403 g/mol. The molecule has 1 heterocycles. The average Bonchev–Trinajstić information content (AvgIpc) is 2.69. The maximum absolute atomic E-state index is 14.8. The molecule has 0 radical (unpaired) electrons. The smallest absolute Gasteiger partial charge is 0.338 e. The molecule has 146 valence electrons. The zero-order valence-electron chi connectivity index (χ0n) is 16.0. The van der Waals surface area contributed by atoms with E-state index >= 15 is 0 Å². The molecule has 1 aliphatic heterocycles. The fourth-order valence-corrected chi connectivity index (χ4v) is 3.44. The molecule has 2 aromatic carbocycles. The van der Waals surface area contributed by atoms with Gasteiger partial charge in [0.15, 0.2) is 0 Å². The normalized spacial score (nSPS) is 16.7. The van der Waals surface area contributed by atoms with Crippen LogP contribution in [-0.4, -0.2) is 38.0 Å². The van der Waals surface area contributed by atoms with E-state index in [1.165, 1.54) is 13.2 Å². The first-order valence-electron chi connectivity index (χ1n) is 8.57. The number of halogens is 2. The van der Waals surface area contributed by atoms with Crippen molar-refractivity contribution in [3.63, 3.8) is 0 Å². The monoisotopic (exact) mass is 402 g/mol. The number of aliphatic imine (C=N–C) groups is 1. The number of hydrogen-bond acceptors (Lipinski definition) is 5. The second-order valence-electron chi connectivity index (χ2n) is 6.33. The van der Waals surface area contributed by atoms with Crippen molar-refractivity contribution in [3.8, 4) is 5.75 Å². The molecule has 0 amide bonds. The van der Waals surface area contributed by atoms with E-state index in [1.54, 1.807) is 38.1 Å². The standard InChI is InChI=1S/C21H20ClFN2O3/c1-12-18(21(26)28-4)19(16-10-7-14(22)11-17(16)23)25(2)20(24-12)13-5-8-15(27-3)9-6-13/h5-11,19H,1-4H3. The van der Waals surface area contributed by atoms with Crippen LogP contribution in [0.15, 0.2) is 58.7 Å². The van der Waals surface area contributed by atoms with Crippen LogP contribution in [0.5, 0.6) is 5.75 Å². The molecule has 5 nitrogen and oxygen atoms in total. The molecule has 0 bridgehead atoms. The van der Waals surface area contributed by atoms with Crippen LogP contribution >= 0.6 is 11.6 Å². The number of benzene rings is 2. The maximum atomic E-state index is 14.8. The van der Waals surface area contributed by atoms with Gasteiger partial charge < -0.3 is 14.4 Å². The summed E-state index contributed by atoms with van der Waals surface area (Å²) in [5, 5.41) is 0.282. The van der Waals surface area contributed by atoms with E-state index in [4.69, 9.17) is 21.1 Å². The Kier molecular flexibility index (Phi) is 5.70. The Balaban J connectivity index is 2.16. The van der Waals surface area contributed by atoms with Crippen LogP contribution in [0, 0.1) is 5.82 Å². The van der Waals surface area contributed by atoms with E-state index in [0.717, 1.165) is 5.56 Å². The number of carbonyl (C=O) groups excluding carboxylic acids is 1. The van der Waals surface area contributed by atoms with Crippen molar-refractivity contribution in [1.82, 2.24) is 4.90 Å². The number of amidine groups is 1. The number of allylic oxidation sites excluding steroid dienone is 1. The summed E-state index contributed by atoms with van der Waals surface area (Å²) in [6, 6.07) is 11.0. The van der Waals surface area contributed by atoms with E-state index in [-0.39, 0.29) is 10.6 Å². The van der Waals surface area contributed by atoms with Gasteiger partial charge in [0.05, 0.1) is 31.5 Å². The third kappa shape index (κ3) is 3.60. The summed E-state index contributed by atoms with van der Waals surface area (Å²) < 4.78 is 24.9. The lowest BCUT2D eigenvalue weighted by molar-refractivity contribution is -0.136. The van der Waals surface area contributed by atoms with Crippen molar-refractivity contribution < 1.29 is 18.7 Å². The molecular weight excluding hydrogens is 383 g/mol. The van der Waals surface area contributed by atoms with Crippen LogP contribution < -0.4 is 4.74 Å².